The molecule has 2 unspecified atom stereocenters. The summed E-state index contributed by atoms with van der Waals surface area (Å²) in [6, 6.07) is 0.588. The smallest absolute Gasteiger partial charge is 0.195 e. The fourth-order valence-corrected chi connectivity index (χ4v) is 2.60. The molecule has 2 atom stereocenters. The Hall–Kier alpha value is -0.670. The third-order valence-electron chi connectivity index (χ3n) is 3.64. The first-order chi connectivity index (χ1) is 6.30. The molecule has 2 heterocycles. The second kappa shape index (κ2) is 2.47. The molecule has 2 aliphatic heterocycles. The van der Waals surface area contributed by atoms with Crippen LogP contribution >= 0.6 is 0 Å². The molecule has 3 nitrogen and oxygen atoms in total. The average Bonchev–Trinajstić information content (AvgIpc) is 2.50. The van der Waals surface area contributed by atoms with E-state index in [0.717, 1.165) is 10.9 Å². The molecule has 2 aliphatic rings. The second-order valence-electron chi connectivity index (χ2n) is 5.76. The van der Waals surface area contributed by atoms with Gasteiger partial charge in [-0.25, -0.2) is 9.48 Å². The summed E-state index contributed by atoms with van der Waals surface area (Å²) in [5.41, 5.74) is 6.25. The summed E-state index contributed by atoms with van der Waals surface area (Å²) in [5, 5.41) is 0. The minimum Gasteiger partial charge on any atom is -0.325 e. The first kappa shape index (κ1) is 9.87. The van der Waals surface area contributed by atoms with Crippen LogP contribution in [0.25, 0.3) is 0 Å². The second-order valence-corrected chi connectivity index (χ2v) is 5.76. The van der Waals surface area contributed by atoms with E-state index in [9.17, 15) is 0 Å². The highest BCUT2D eigenvalue weighted by molar-refractivity contribution is 5.56. The Morgan fingerprint density at radius 2 is 2.14 bits per heavy atom. The van der Waals surface area contributed by atoms with Crippen molar-refractivity contribution in [2.75, 3.05) is 0 Å². The summed E-state index contributed by atoms with van der Waals surface area (Å²) < 4.78 is 0.896. The molecule has 14 heavy (non-hydrogen) atoms. The molecule has 0 aromatic heterocycles. The third-order valence-corrected chi connectivity index (χ3v) is 3.64. The Balaban J connectivity index is 2.17. The quantitative estimate of drug-likeness (QED) is 0.526. The van der Waals surface area contributed by atoms with Crippen LogP contribution in [0.3, 0.4) is 0 Å². The number of quaternary nitrogens is 1. The highest BCUT2D eigenvalue weighted by Crippen LogP contribution is 2.53. The lowest BCUT2D eigenvalue weighted by Gasteiger charge is -2.17. The van der Waals surface area contributed by atoms with Crippen LogP contribution in [0.2, 0.25) is 0 Å². The molecule has 1 spiro atoms. The van der Waals surface area contributed by atoms with E-state index in [2.05, 4.69) is 38.9 Å². The van der Waals surface area contributed by atoms with Gasteiger partial charge in [0.25, 0.3) is 0 Å². The molecule has 2 rings (SSSR count). The van der Waals surface area contributed by atoms with E-state index in [1.165, 1.54) is 0 Å². The van der Waals surface area contributed by atoms with Crippen molar-refractivity contribution in [2.24, 2.45) is 10.7 Å². The summed E-state index contributed by atoms with van der Waals surface area (Å²) >= 11 is 0. The van der Waals surface area contributed by atoms with Gasteiger partial charge in [-0.05, 0) is 27.7 Å². The largest absolute Gasteiger partial charge is 0.325 e. The fourth-order valence-electron chi connectivity index (χ4n) is 2.60. The van der Waals surface area contributed by atoms with Gasteiger partial charge in [-0.15, -0.1) is 0 Å². The minimum atomic E-state index is -0.0893. The maximum Gasteiger partial charge on any atom is 0.195 e. The van der Waals surface area contributed by atoms with Crippen molar-refractivity contribution in [1.82, 2.24) is 0 Å². The van der Waals surface area contributed by atoms with Gasteiger partial charge in [0.15, 0.2) is 17.9 Å². The van der Waals surface area contributed by atoms with Crippen LogP contribution in [-0.2, 0) is 0 Å². The van der Waals surface area contributed by atoms with E-state index in [1.807, 2.05) is 12.5 Å². The topological polar surface area (TPSA) is 38.4 Å². The van der Waals surface area contributed by atoms with E-state index in [1.54, 1.807) is 0 Å². The first-order valence-corrected chi connectivity index (χ1v) is 5.19. The van der Waals surface area contributed by atoms with Crippen molar-refractivity contribution in [2.45, 2.75) is 51.2 Å². The van der Waals surface area contributed by atoms with Crippen molar-refractivity contribution in [3.05, 3.63) is 12.4 Å². The molecule has 0 radical (unpaired) electrons. The van der Waals surface area contributed by atoms with Gasteiger partial charge in [-0.3, -0.25) is 0 Å². The Bertz CT molecular complexity index is 295. The van der Waals surface area contributed by atoms with E-state index in [4.69, 9.17) is 5.73 Å². The van der Waals surface area contributed by atoms with Gasteiger partial charge in [0, 0.05) is 12.0 Å². The zero-order valence-electron chi connectivity index (χ0n) is 9.49. The van der Waals surface area contributed by atoms with Gasteiger partial charge in [-0.1, -0.05) is 0 Å². The van der Waals surface area contributed by atoms with E-state index >= 15 is 0 Å². The molecule has 3 heteroatoms. The van der Waals surface area contributed by atoms with Crippen LogP contribution < -0.4 is 5.73 Å². The Labute approximate surface area is 85.9 Å². The van der Waals surface area contributed by atoms with Gasteiger partial charge in [0.2, 0.25) is 0 Å². The summed E-state index contributed by atoms with van der Waals surface area (Å²) in [4.78, 5) is 4.20. The summed E-state index contributed by atoms with van der Waals surface area (Å²) in [6.45, 7) is 8.75. The van der Waals surface area contributed by atoms with Gasteiger partial charge in [0.1, 0.15) is 6.20 Å². The maximum atomic E-state index is 6.07. The molecular formula is C11H20N3+. The van der Waals surface area contributed by atoms with Crippen molar-refractivity contribution >= 4 is 6.34 Å². The van der Waals surface area contributed by atoms with Crippen molar-refractivity contribution in [1.29, 1.82) is 0 Å². The maximum absolute atomic E-state index is 6.07. The van der Waals surface area contributed by atoms with Crippen molar-refractivity contribution < 1.29 is 4.48 Å². The number of nitrogens with zero attached hydrogens (tertiary/aromatic N) is 2. The van der Waals surface area contributed by atoms with Crippen LogP contribution in [0.1, 0.15) is 34.1 Å². The van der Waals surface area contributed by atoms with Crippen molar-refractivity contribution in [3.63, 3.8) is 0 Å². The Morgan fingerprint density at radius 3 is 2.57 bits per heavy atom. The van der Waals surface area contributed by atoms with E-state index in [0.29, 0.717) is 6.04 Å². The van der Waals surface area contributed by atoms with Crippen LogP contribution in [0.15, 0.2) is 17.4 Å². The molecule has 2 N–H and O–H groups in total. The molecule has 0 aliphatic carbocycles. The lowest BCUT2D eigenvalue weighted by molar-refractivity contribution is -0.676. The standard InChI is InChI=1S/C11H20N3/c1-10(2,12)7-9-11(3,4)14(9)6-5-13-8-14/h5-6,8-9H,7,12H2,1-4H3/q+1. The minimum absolute atomic E-state index is 0.0893. The van der Waals surface area contributed by atoms with Gasteiger partial charge < -0.3 is 5.73 Å². The molecule has 0 bridgehead atoms. The van der Waals surface area contributed by atoms with Gasteiger partial charge >= 0.3 is 0 Å². The number of rotatable bonds is 2. The van der Waals surface area contributed by atoms with Crippen molar-refractivity contribution in [3.8, 4) is 0 Å². The molecule has 78 valence electrons. The number of aliphatic imine (C=N–C) groups is 1. The first-order valence-electron chi connectivity index (χ1n) is 5.19. The Kier molecular flexibility index (Phi) is 1.74. The highest BCUT2D eigenvalue weighted by atomic mass is 15.6. The predicted octanol–water partition coefficient (Wildman–Crippen LogP) is 1.60. The third kappa shape index (κ3) is 1.16. The molecule has 0 aromatic carbocycles. The van der Waals surface area contributed by atoms with Gasteiger partial charge in [-0.2, -0.15) is 0 Å². The number of hydrogen-bond donors (Lipinski definition) is 1. The predicted molar refractivity (Wildman–Crippen MR) is 58.6 cm³/mol. The molecule has 0 amide bonds. The zero-order valence-corrected chi connectivity index (χ0v) is 9.49. The van der Waals surface area contributed by atoms with Crippen LogP contribution in [-0.4, -0.2) is 27.9 Å². The van der Waals surface area contributed by atoms with Crippen LogP contribution in [0.5, 0.6) is 0 Å². The highest BCUT2D eigenvalue weighted by Gasteiger charge is 2.73. The molecule has 0 aromatic rings. The summed E-state index contributed by atoms with van der Waals surface area (Å²) in [5.74, 6) is 0. The van der Waals surface area contributed by atoms with Crippen LogP contribution in [0, 0.1) is 0 Å². The lowest BCUT2D eigenvalue weighted by Crippen LogP contribution is -2.35. The fraction of sp³-hybridized carbons (Fsp3) is 0.727. The van der Waals surface area contributed by atoms with E-state index in [-0.39, 0.29) is 11.1 Å². The summed E-state index contributed by atoms with van der Waals surface area (Å²) in [6.07, 6.45) is 7.15. The number of nitrogens with two attached hydrogens (primary N) is 1. The lowest BCUT2D eigenvalue weighted by atomic mass is 9.95. The number of hydrogen-bond acceptors (Lipinski definition) is 2. The molecule has 0 saturated carbocycles. The molecule has 1 fully saturated rings. The molecular weight excluding hydrogens is 174 g/mol. The Morgan fingerprint density at radius 1 is 1.50 bits per heavy atom. The van der Waals surface area contributed by atoms with Gasteiger partial charge in [0.05, 0.1) is 6.20 Å². The monoisotopic (exact) mass is 194 g/mol. The summed E-state index contributed by atoms with van der Waals surface area (Å²) in [7, 11) is 0. The normalized spacial score (nSPS) is 38.2. The SMILES string of the molecule is CC(C)(N)CC1C(C)(C)[N+]12C=CN=C2. The zero-order chi connectivity index (χ0) is 10.6. The average molecular weight is 194 g/mol. The van der Waals surface area contributed by atoms with Crippen LogP contribution in [0.4, 0.5) is 0 Å². The molecule has 1 saturated heterocycles. The van der Waals surface area contributed by atoms with E-state index < -0.39 is 0 Å².